The number of aliphatic carboxylic acids is 1. The van der Waals surface area contributed by atoms with E-state index in [0.29, 0.717) is 13.1 Å². The van der Waals surface area contributed by atoms with E-state index in [0.717, 1.165) is 5.69 Å². The lowest BCUT2D eigenvalue weighted by atomic mass is 10.0. The summed E-state index contributed by atoms with van der Waals surface area (Å²) in [5.41, 5.74) is 0.795. The molecule has 1 rings (SSSR count). The first kappa shape index (κ1) is 15.9. The van der Waals surface area contributed by atoms with Crippen LogP contribution in [0.15, 0.2) is 24.4 Å². The molecule has 1 aromatic rings. The minimum Gasteiger partial charge on any atom is -0.481 e. The Bertz CT molecular complexity index is 450. The molecule has 20 heavy (non-hydrogen) atoms. The molecule has 0 spiro atoms. The summed E-state index contributed by atoms with van der Waals surface area (Å²) in [7, 11) is 0. The molecule has 0 aliphatic heterocycles. The van der Waals surface area contributed by atoms with Gasteiger partial charge >= 0.3 is 12.0 Å². The smallest absolute Gasteiger partial charge is 0.317 e. The van der Waals surface area contributed by atoms with Crippen LogP contribution in [0.2, 0.25) is 0 Å². The summed E-state index contributed by atoms with van der Waals surface area (Å²) < 4.78 is 0. The van der Waals surface area contributed by atoms with E-state index in [1.54, 1.807) is 24.9 Å². The van der Waals surface area contributed by atoms with Crippen LogP contribution in [0, 0.1) is 5.92 Å². The zero-order valence-corrected chi connectivity index (χ0v) is 12.0. The van der Waals surface area contributed by atoms with Gasteiger partial charge in [-0.1, -0.05) is 6.07 Å². The first-order valence-corrected chi connectivity index (χ1v) is 6.63. The second-order valence-electron chi connectivity index (χ2n) is 4.70. The van der Waals surface area contributed by atoms with Crippen LogP contribution in [0.25, 0.3) is 0 Å². The molecule has 0 aliphatic carbocycles. The molecular formula is C14H21N3O3. The van der Waals surface area contributed by atoms with Gasteiger partial charge in [-0.2, -0.15) is 0 Å². The Morgan fingerprint density at radius 3 is 2.60 bits per heavy atom. The molecule has 6 heteroatoms. The van der Waals surface area contributed by atoms with Crippen molar-refractivity contribution in [2.45, 2.75) is 33.4 Å². The first-order valence-electron chi connectivity index (χ1n) is 6.63. The van der Waals surface area contributed by atoms with Gasteiger partial charge in [0, 0.05) is 18.8 Å². The van der Waals surface area contributed by atoms with Crippen LogP contribution < -0.4 is 5.32 Å². The third-order valence-corrected chi connectivity index (χ3v) is 3.24. The molecule has 2 unspecified atom stereocenters. The number of amides is 2. The molecule has 2 N–H and O–H groups in total. The van der Waals surface area contributed by atoms with Crippen LogP contribution in [-0.2, 0) is 11.3 Å². The number of nitrogens with one attached hydrogen (secondary N) is 1. The maximum Gasteiger partial charge on any atom is 0.317 e. The number of hydrogen-bond donors (Lipinski definition) is 2. The molecule has 6 nitrogen and oxygen atoms in total. The van der Waals surface area contributed by atoms with Crippen molar-refractivity contribution < 1.29 is 14.7 Å². The van der Waals surface area contributed by atoms with Gasteiger partial charge in [0.1, 0.15) is 0 Å². The summed E-state index contributed by atoms with van der Waals surface area (Å²) >= 11 is 0. The summed E-state index contributed by atoms with van der Waals surface area (Å²) in [6.07, 6.45) is 1.68. The van der Waals surface area contributed by atoms with Crippen molar-refractivity contribution in [2.75, 3.05) is 6.54 Å². The number of nitrogens with zero attached hydrogens (tertiary/aromatic N) is 2. The lowest BCUT2D eigenvalue weighted by Crippen LogP contribution is -2.47. The predicted octanol–water partition coefficient (Wildman–Crippen LogP) is 1.72. The lowest BCUT2D eigenvalue weighted by molar-refractivity contribution is -0.141. The minimum atomic E-state index is -0.925. The fourth-order valence-corrected chi connectivity index (χ4v) is 1.64. The monoisotopic (exact) mass is 279 g/mol. The summed E-state index contributed by atoms with van der Waals surface area (Å²) in [6, 6.07) is 4.82. The highest BCUT2D eigenvalue weighted by Gasteiger charge is 2.23. The molecule has 2 amide bonds. The second kappa shape index (κ2) is 7.47. The zero-order chi connectivity index (χ0) is 15.1. The Morgan fingerprint density at radius 2 is 2.10 bits per heavy atom. The van der Waals surface area contributed by atoms with Gasteiger partial charge in [-0.15, -0.1) is 0 Å². The van der Waals surface area contributed by atoms with Gasteiger partial charge in [0.25, 0.3) is 0 Å². The van der Waals surface area contributed by atoms with Crippen molar-refractivity contribution in [3.05, 3.63) is 30.1 Å². The largest absolute Gasteiger partial charge is 0.481 e. The second-order valence-corrected chi connectivity index (χ2v) is 4.70. The molecule has 0 fully saturated rings. The van der Waals surface area contributed by atoms with Crippen LogP contribution in [-0.4, -0.2) is 39.6 Å². The summed E-state index contributed by atoms with van der Waals surface area (Å²) in [6.45, 7) is 6.05. The van der Waals surface area contributed by atoms with Crippen LogP contribution in [0.5, 0.6) is 0 Å². The number of pyridine rings is 1. The molecule has 0 bridgehead atoms. The van der Waals surface area contributed by atoms with Gasteiger partial charge in [-0.25, -0.2) is 4.79 Å². The molecule has 0 aromatic carbocycles. The Labute approximate surface area is 118 Å². The van der Waals surface area contributed by atoms with E-state index in [4.69, 9.17) is 5.11 Å². The lowest BCUT2D eigenvalue weighted by Gasteiger charge is -2.25. The molecule has 110 valence electrons. The number of hydrogen-bond acceptors (Lipinski definition) is 3. The van der Waals surface area contributed by atoms with Crippen LogP contribution in [0.1, 0.15) is 26.5 Å². The number of urea groups is 1. The van der Waals surface area contributed by atoms with E-state index in [2.05, 4.69) is 10.3 Å². The molecular weight excluding hydrogens is 258 g/mol. The fraction of sp³-hybridized carbons (Fsp3) is 0.500. The topological polar surface area (TPSA) is 82.5 Å². The van der Waals surface area contributed by atoms with Crippen molar-refractivity contribution in [1.82, 2.24) is 15.2 Å². The highest BCUT2D eigenvalue weighted by atomic mass is 16.4. The molecule has 0 aliphatic rings. The van der Waals surface area contributed by atoms with Gasteiger partial charge in [0.2, 0.25) is 0 Å². The number of carbonyl (C=O) groups excluding carboxylic acids is 1. The number of carboxylic acid groups (broad SMARTS) is 1. The Kier molecular flexibility index (Phi) is 5.96. The van der Waals surface area contributed by atoms with Gasteiger partial charge in [0.15, 0.2) is 0 Å². The maximum absolute atomic E-state index is 12.1. The Hall–Kier alpha value is -2.11. The van der Waals surface area contributed by atoms with Gasteiger partial charge in [0.05, 0.1) is 18.2 Å². The van der Waals surface area contributed by atoms with E-state index < -0.39 is 17.9 Å². The standard InChI is InChI=1S/C14H21N3O3/c1-4-17(9-12-7-5-6-8-15-12)14(20)16-11(3)10(2)13(18)19/h5-8,10-11H,4,9H2,1-3H3,(H,16,20)(H,18,19). The van der Waals surface area contributed by atoms with Gasteiger partial charge < -0.3 is 15.3 Å². The number of rotatable bonds is 6. The first-order chi connectivity index (χ1) is 9.45. The van der Waals surface area contributed by atoms with Crippen LogP contribution >= 0.6 is 0 Å². The molecule has 0 saturated carbocycles. The van der Waals surface area contributed by atoms with Crippen molar-refractivity contribution in [1.29, 1.82) is 0 Å². The zero-order valence-electron chi connectivity index (χ0n) is 12.0. The normalized spacial score (nSPS) is 13.3. The molecule has 1 aromatic heterocycles. The highest BCUT2D eigenvalue weighted by Crippen LogP contribution is 2.05. The third kappa shape index (κ3) is 4.53. The van der Waals surface area contributed by atoms with Crippen molar-refractivity contribution >= 4 is 12.0 Å². The SMILES string of the molecule is CCN(Cc1ccccn1)C(=O)NC(C)C(C)C(=O)O. The van der Waals surface area contributed by atoms with E-state index in [1.165, 1.54) is 0 Å². The average Bonchev–Trinajstić information content (AvgIpc) is 2.44. The number of carboxylic acids is 1. The fourth-order valence-electron chi connectivity index (χ4n) is 1.64. The maximum atomic E-state index is 12.1. The molecule has 0 saturated heterocycles. The van der Waals surface area contributed by atoms with Crippen molar-refractivity contribution in [2.24, 2.45) is 5.92 Å². The van der Waals surface area contributed by atoms with E-state index in [-0.39, 0.29) is 6.03 Å². The summed E-state index contributed by atoms with van der Waals surface area (Å²) in [4.78, 5) is 28.8. The molecule has 1 heterocycles. The van der Waals surface area contributed by atoms with Gasteiger partial charge in [-0.05, 0) is 32.9 Å². The third-order valence-electron chi connectivity index (χ3n) is 3.24. The summed E-state index contributed by atoms with van der Waals surface area (Å²) in [5, 5.41) is 11.6. The summed E-state index contributed by atoms with van der Waals surface area (Å²) in [5.74, 6) is -1.56. The van der Waals surface area contributed by atoms with Crippen LogP contribution in [0.4, 0.5) is 4.79 Å². The van der Waals surface area contributed by atoms with E-state index in [9.17, 15) is 9.59 Å². The molecule has 0 radical (unpaired) electrons. The van der Waals surface area contributed by atoms with Crippen LogP contribution in [0.3, 0.4) is 0 Å². The van der Waals surface area contributed by atoms with Gasteiger partial charge in [-0.3, -0.25) is 9.78 Å². The average molecular weight is 279 g/mol. The Balaban J connectivity index is 2.61. The minimum absolute atomic E-state index is 0.279. The van der Waals surface area contributed by atoms with E-state index >= 15 is 0 Å². The van der Waals surface area contributed by atoms with Crippen molar-refractivity contribution in [3.63, 3.8) is 0 Å². The predicted molar refractivity (Wildman–Crippen MR) is 75.1 cm³/mol. The number of aromatic nitrogens is 1. The van der Waals surface area contributed by atoms with E-state index in [1.807, 2.05) is 25.1 Å². The molecule has 2 atom stereocenters. The van der Waals surface area contributed by atoms with Crippen molar-refractivity contribution in [3.8, 4) is 0 Å². The quantitative estimate of drug-likeness (QED) is 0.830. The highest BCUT2D eigenvalue weighted by molar-refractivity contribution is 5.76. The number of carbonyl (C=O) groups is 2. The Morgan fingerprint density at radius 1 is 1.40 bits per heavy atom.